The molecule has 3 heterocycles. The number of nitrogens with zero attached hydrogens (tertiary/aromatic N) is 1. The number of carbonyl (C=O) groups excluding carboxylic acids is 1. The molecule has 0 spiro atoms. The molecule has 1 aromatic heterocycles. The minimum absolute atomic E-state index is 0.00386. The van der Waals surface area contributed by atoms with E-state index in [1.165, 1.54) is 10.4 Å². The number of hydrogen-bond acceptors (Lipinski definition) is 4. The monoisotopic (exact) mass is 361 g/mol. The summed E-state index contributed by atoms with van der Waals surface area (Å²) in [6, 6.07) is 8.14. The summed E-state index contributed by atoms with van der Waals surface area (Å²) in [5, 5.41) is 8.16. The van der Waals surface area contributed by atoms with E-state index in [9.17, 15) is 4.79 Å². The number of benzene rings is 1. The Morgan fingerprint density at radius 1 is 1.29 bits per heavy atom. The van der Waals surface area contributed by atoms with Gasteiger partial charge in [0.25, 0.3) is 5.91 Å². The lowest BCUT2D eigenvalue weighted by Crippen LogP contribution is -2.39. The summed E-state index contributed by atoms with van der Waals surface area (Å²) in [6.45, 7) is 6.37. The van der Waals surface area contributed by atoms with Gasteiger partial charge in [-0.3, -0.25) is 9.69 Å². The number of nitrogens with one attached hydrogen (secondary N) is 2. The Hall–Kier alpha value is -1.56. The van der Waals surface area contributed by atoms with E-state index < -0.39 is 0 Å². The zero-order valence-corrected chi connectivity index (χ0v) is 15.3. The number of thiophene rings is 1. The van der Waals surface area contributed by atoms with Crippen LogP contribution in [-0.2, 0) is 13.0 Å². The molecule has 1 aromatic carbocycles. The smallest absolute Gasteiger partial charge is 0.256 e. The topological polar surface area (TPSA) is 44.4 Å². The Balaban J connectivity index is 1.68. The number of rotatable bonds is 2. The van der Waals surface area contributed by atoms with Crippen molar-refractivity contribution in [1.29, 1.82) is 0 Å². The zero-order chi connectivity index (χ0) is 16.8. The maximum atomic E-state index is 12.7. The third-order valence-electron chi connectivity index (χ3n) is 4.81. The summed E-state index contributed by atoms with van der Waals surface area (Å²) in [4.78, 5) is 16.5. The maximum Gasteiger partial charge on any atom is 0.256 e. The first-order valence-electron chi connectivity index (χ1n) is 8.25. The van der Waals surface area contributed by atoms with Gasteiger partial charge in [0.1, 0.15) is 11.2 Å². The lowest BCUT2D eigenvalue weighted by Gasteiger charge is -2.31. The van der Waals surface area contributed by atoms with Gasteiger partial charge in [0.15, 0.2) is 0 Å². The molecule has 126 valence electrons. The highest BCUT2D eigenvalue weighted by Gasteiger charge is 2.34. The van der Waals surface area contributed by atoms with E-state index in [4.69, 9.17) is 11.6 Å². The summed E-state index contributed by atoms with van der Waals surface area (Å²) < 4.78 is 0. The predicted molar refractivity (Wildman–Crippen MR) is 98.9 cm³/mol. The van der Waals surface area contributed by atoms with Crippen molar-refractivity contribution in [3.8, 4) is 0 Å². The third kappa shape index (κ3) is 2.61. The van der Waals surface area contributed by atoms with Crippen LogP contribution in [0.1, 0.15) is 46.4 Å². The molecule has 2 aliphatic rings. The fourth-order valence-electron chi connectivity index (χ4n) is 3.44. The number of halogens is 1. The molecule has 1 amide bonds. The van der Waals surface area contributed by atoms with Crippen LogP contribution in [0.3, 0.4) is 0 Å². The summed E-state index contributed by atoms with van der Waals surface area (Å²) in [6.07, 6.45) is 0.658. The lowest BCUT2D eigenvalue weighted by molar-refractivity contribution is 0.0934. The second kappa shape index (κ2) is 6.06. The number of amides is 1. The van der Waals surface area contributed by atoms with E-state index in [0.717, 1.165) is 35.6 Å². The number of fused-ring (bicyclic) bond motifs is 3. The van der Waals surface area contributed by atoms with Crippen molar-refractivity contribution in [3.05, 3.63) is 50.9 Å². The summed E-state index contributed by atoms with van der Waals surface area (Å²) in [5.74, 6) is 0.00386. The summed E-state index contributed by atoms with van der Waals surface area (Å²) >= 11 is 8.00. The van der Waals surface area contributed by atoms with Crippen LogP contribution in [0.5, 0.6) is 0 Å². The van der Waals surface area contributed by atoms with Crippen LogP contribution >= 0.6 is 22.9 Å². The quantitative estimate of drug-likeness (QED) is 0.849. The molecule has 2 aliphatic heterocycles. The van der Waals surface area contributed by atoms with Crippen molar-refractivity contribution in [2.24, 2.45) is 0 Å². The van der Waals surface area contributed by atoms with Gasteiger partial charge in [-0.2, -0.15) is 0 Å². The van der Waals surface area contributed by atoms with Gasteiger partial charge in [0.05, 0.1) is 5.56 Å². The van der Waals surface area contributed by atoms with Gasteiger partial charge < -0.3 is 10.6 Å². The molecule has 4 rings (SSSR count). The van der Waals surface area contributed by atoms with Gasteiger partial charge in [-0.15, -0.1) is 11.3 Å². The normalized spacial score (nSPS) is 20.3. The number of hydrogen-bond donors (Lipinski definition) is 2. The van der Waals surface area contributed by atoms with E-state index in [2.05, 4.69) is 29.4 Å². The van der Waals surface area contributed by atoms with E-state index in [0.29, 0.717) is 11.1 Å². The molecule has 2 N–H and O–H groups in total. The first kappa shape index (κ1) is 15.9. The van der Waals surface area contributed by atoms with Crippen LogP contribution in [0.15, 0.2) is 24.3 Å². The van der Waals surface area contributed by atoms with Gasteiger partial charge in [0.2, 0.25) is 0 Å². The molecule has 0 radical (unpaired) electrons. The standard InChI is InChI=1S/C18H20ClN3OS/c1-10(2)22-8-7-12-14(9-22)24-18-15(12)17(23)20-16(21-18)11-5-3-4-6-13(11)19/h3-6,10,16,21H,7-9H2,1-2H3,(H,20,23)/t16-/m1/s1. The highest BCUT2D eigenvalue weighted by molar-refractivity contribution is 7.16. The van der Waals surface area contributed by atoms with Crippen LogP contribution in [0, 0.1) is 0 Å². The number of carbonyl (C=O) groups is 1. The predicted octanol–water partition coefficient (Wildman–Crippen LogP) is 4.02. The molecular formula is C18H20ClN3OS. The van der Waals surface area contributed by atoms with Gasteiger partial charge in [-0.05, 0) is 31.9 Å². The Morgan fingerprint density at radius 3 is 2.83 bits per heavy atom. The molecule has 1 atom stereocenters. The molecule has 0 aliphatic carbocycles. The van der Waals surface area contributed by atoms with Crippen LogP contribution < -0.4 is 10.6 Å². The van der Waals surface area contributed by atoms with Gasteiger partial charge in [0, 0.05) is 34.6 Å². The second-order valence-electron chi connectivity index (χ2n) is 6.59. The van der Waals surface area contributed by atoms with E-state index >= 15 is 0 Å². The average Bonchev–Trinajstić information content (AvgIpc) is 2.92. The summed E-state index contributed by atoms with van der Waals surface area (Å²) in [7, 11) is 0. The van der Waals surface area contributed by atoms with E-state index in [1.807, 2.05) is 24.3 Å². The fourth-order valence-corrected chi connectivity index (χ4v) is 4.98. The molecule has 0 fully saturated rings. The van der Waals surface area contributed by atoms with Gasteiger partial charge in [-0.25, -0.2) is 0 Å². The van der Waals surface area contributed by atoms with Gasteiger partial charge in [-0.1, -0.05) is 29.8 Å². The van der Waals surface area contributed by atoms with Gasteiger partial charge >= 0.3 is 0 Å². The Morgan fingerprint density at radius 2 is 2.08 bits per heavy atom. The molecule has 0 bridgehead atoms. The van der Waals surface area contributed by atoms with Crippen molar-refractivity contribution in [2.45, 2.75) is 39.0 Å². The Bertz CT molecular complexity index is 802. The fraction of sp³-hybridized carbons (Fsp3) is 0.389. The molecule has 0 saturated carbocycles. The molecule has 2 aromatic rings. The van der Waals surface area contributed by atoms with Crippen LogP contribution in [-0.4, -0.2) is 23.4 Å². The Kier molecular flexibility index (Phi) is 4.03. The SMILES string of the molecule is CC(C)N1CCc2c(sc3c2C(=O)N[C@@H](c2ccccc2Cl)N3)C1. The van der Waals surface area contributed by atoms with Crippen LogP contribution in [0.4, 0.5) is 5.00 Å². The molecule has 6 heteroatoms. The highest BCUT2D eigenvalue weighted by Crippen LogP contribution is 2.41. The highest BCUT2D eigenvalue weighted by atomic mass is 35.5. The third-order valence-corrected chi connectivity index (χ3v) is 6.30. The Labute approximate surface area is 150 Å². The average molecular weight is 362 g/mol. The van der Waals surface area contributed by atoms with Crippen molar-refractivity contribution in [3.63, 3.8) is 0 Å². The van der Waals surface area contributed by atoms with Crippen molar-refractivity contribution in [1.82, 2.24) is 10.2 Å². The molecule has 0 unspecified atom stereocenters. The molecule has 0 saturated heterocycles. The largest absolute Gasteiger partial charge is 0.353 e. The van der Waals surface area contributed by atoms with Crippen LogP contribution in [0.2, 0.25) is 5.02 Å². The maximum absolute atomic E-state index is 12.7. The molecule has 4 nitrogen and oxygen atoms in total. The minimum Gasteiger partial charge on any atom is -0.353 e. The minimum atomic E-state index is -0.278. The van der Waals surface area contributed by atoms with Crippen molar-refractivity contribution >= 4 is 33.8 Å². The molecular weight excluding hydrogens is 342 g/mol. The van der Waals surface area contributed by atoms with Crippen molar-refractivity contribution in [2.75, 3.05) is 11.9 Å². The first-order chi connectivity index (χ1) is 11.5. The van der Waals surface area contributed by atoms with E-state index in [1.54, 1.807) is 11.3 Å². The first-order valence-corrected chi connectivity index (χ1v) is 9.44. The van der Waals surface area contributed by atoms with Crippen molar-refractivity contribution < 1.29 is 4.79 Å². The molecule has 24 heavy (non-hydrogen) atoms. The zero-order valence-electron chi connectivity index (χ0n) is 13.7. The van der Waals surface area contributed by atoms with E-state index in [-0.39, 0.29) is 12.1 Å². The number of anilines is 1. The lowest BCUT2D eigenvalue weighted by atomic mass is 9.99. The second-order valence-corrected chi connectivity index (χ2v) is 8.11. The van der Waals surface area contributed by atoms with Crippen LogP contribution in [0.25, 0.3) is 0 Å². The summed E-state index contributed by atoms with van der Waals surface area (Å²) in [5.41, 5.74) is 2.95.